The molecule has 0 aliphatic heterocycles. The van der Waals surface area contributed by atoms with Crippen LogP contribution in [0, 0.1) is 0 Å². The number of fused-ring (bicyclic) bond motifs is 1. The first-order chi connectivity index (χ1) is 7.83. The molecule has 0 aliphatic rings. The minimum atomic E-state index is 0.333. The van der Waals surface area contributed by atoms with Crippen LogP contribution in [-0.4, -0.2) is 15.3 Å². The lowest BCUT2D eigenvalue weighted by Crippen LogP contribution is -1.85. The third kappa shape index (κ3) is 1.57. The Balaban J connectivity index is 2.00. The van der Waals surface area contributed by atoms with Gasteiger partial charge in [-0.15, -0.1) is 11.3 Å². The standard InChI is InChI=1S/C12H10N2OS/c15-8-5-9(16-7-8)6-12-10-3-1-2-4-11(10)13-14-12/h1-5,7,15H,6H2,(H,13,14). The van der Waals surface area contributed by atoms with E-state index in [-0.39, 0.29) is 0 Å². The molecule has 1 aromatic carbocycles. The number of rotatable bonds is 2. The average Bonchev–Trinajstić information content (AvgIpc) is 2.87. The Hall–Kier alpha value is -1.81. The molecule has 0 bridgehead atoms. The van der Waals surface area contributed by atoms with Crippen LogP contribution in [0.1, 0.15) is 10.6 Å². The van der Waals surface area contributed by atoms with Gasteiger partial charge in [-0.1, -0.05) is 18.2 Å². The van der Waals surface area contributed by atoms with Crippen molar-refractivity contribution in [1.82, 2.24) is 10.2 Å². The summed E-state index contributed by atoms with van der Waals surface area (Å²) < 4.78 is 0. The Labute approximate surface area is 96.4 Å². The van der Waals surface area contributed by atoms with Gasteiger partial charge in [0.15, 0.2) is 0 Å². The fourth-order valence-corrected chi connectivity index (χ4v) is 2.53. The molecule has 2 N–H and O–H groups in total. The second kappa shape index (κ2) is 3.64. The van der Waals surface area contributed by atoms with Crippen molar-refractivity contribution in [1.29, 1.82) is 0 Å². The van der Waals surface area contributed by atoms with Crippen molar-refractivity contribution in [2.24, 2.45) is 0 Å². The summed E-state index contributed by atoms with van der Waals surface area (Å²) in [4.78, 5) is 1.12. The molecule has 4 heteroatoms. The molecule has 0 atom stereocenters. The quantitative estimate of drug-likeness (QED) is 0.711. The molecule has 3 rings (SSSR count). The number of benzene rings is 1. The highest BCUT2D eigenvalue weighted by molar-refractivity contribution is 7.10. The van der Waals surface area contributed by atoms with E-state index in [2.05, 4.69) is 16.3 Å². The van der Waals surface area contributed by atoms with Crippen LogP contribution in [0.3, 0.4) is 0 Å². The molecule has 3 aromatic rings. The summed E-state index contributed by atoms with van der Waals surface area (Å²) in [6.45, 7) is 0. The average molecular weight is 230 g/mol. The third-order valence-electron chi connectivity index (χ3n) is 2.53. The van der Waals surface area contributed by atoms with E-state index >= 15 is 0 Å². The topological polar surface area (TPSA) is 48.9 Å². The molecule has 0 saturated carbocycles. The van der Waals surface area contributed by atoms with E-state index in [9.17, 15) is 5.11 Å². The van der Waals surface area contributed by atoms with E-state index in [0.29, 0.717) is 5.75 Å². The van der Waals surface area contributed by atoms with Crippen molar-refractivity contribution < 1.29 is 5.11 Å². The van der Waals surface area contributed by atoms with Gasteiger partial charge in [0, 0.05) is 22.1 Å². The Bertz CT molecular complexity index is 627. The fraction of sp³-hybridized carbons (Fsp3) is 0.0833. The van der Waals surface area contributed by atoms with Crippen LogP contribution in [-0.2, 0) is 6.42 Å². The smallest absolute Gasteiger partial charge is 0.126 e. The zero-order valence-electron chi connectivity index (χ0n) is 8.47. The number of nitrogens with one attached hydrogen (secondary N) is 1. The summed E-state index contributed by atoms with van der Waals surface area (Å²) in [5.41, 5.74) is 2.08. The van der Waals surface area contributed by atoms with Gasteiger partial charge in [-0.05, 0) is 12.1 Å². The normalized spacial score (nSPS) is 11.0. The fourth-order valence-electron chi connectivity index (χ4n) is 1.78. The number of aromatic hydroxyl groups is 1. The molecular weight excluding hydrogens is 220 g/mol. The van der Waals surface area contributed by atoms with E-state index in [4.69, 9.17) is 0 Å². The van der Waals surface area contributed by atoms with E-state index in [1.165, 1.54) is 0 Å². The summed E-state index contributed by atoms with van der Waals surface area (Å²) in [6.07, 6.45) is 0.759. The highest BCUT2D eigenvalue weighted by Gasteiger charge is 2.07. The molecule has 16 heavy (non-hydrogen) atoms. The van der Waals surface area contributed by atoms with Gasteiger partial charge in [-0.3, -0.25) is 5.10 Å². The van der Waals surface area contributed by atoms with Gasteiger partial charge in [-0.25, -0.2) is 0 Å². The van der Waals surface area contributed by atoms with Gasteiger partial charge >= 0.3 is 0 Å². The van der Waals surface area contributed by atoms with Gasteiger partial charge < -0.3 is 5.11 Å². The van der Waals surface area contributed by atoms with Crippen LogP contribution in [0.5, 0.6) is 5.75 Å². The molecule has 0 fully saturated rings. The molecule has 80 valence electrons. The lowest BCUT2D eigenvalue weighted by Gasteiger charge is -1.93. The van der Waals surface area contributed by atoms with E-state index in [0.717, 1.165) is 27.9 Å². The molecule has 3 nitrogen and oxygen atoms in total. The Morgan fingerprint density at radius 2 is 2.19 bits per heavy atom. The molecule has 0 saturated heterocycles. The minimum Gasteiger partial charge on any atom is -0.507 e. The zero-order valence-corrected chi connectivity index (χ0v) is 9.29. The van der Waals surface area contributed by atoms with Crippen LogP contribution < -0.4 is 0 Å². The first-order valence-electron chi connectivity index (χ1n) is 5.01. The molecule has 0 unspecified atom stereocenters. The van der Waals surface area contributed by atoms with Gasteiger partial charge in [0.2, 0.25) is 0 Å². The van der Waals surface area contributed by atoms with Crippen LogP contribution in [0.2, 0.25) is 0 Å². The predicted octanol–water partition coefficient (Wildman–Crippen LogP) is 2.92. The number of aromatic amines is 1. The molecule has 0 spiro atoms. The zero-order chi connectivity index (χ0) is 11.0. The maximum absolute atomic E-state index is 9.28. The second-order valence-electron chi connectivity index (χ2n) is 3.66. The van der Waals surface area contributed by atoms with Crippen molar-refractivity contribution in [3.63, 3.8) is 0 Å². The van der Waals surface area contributed by atoms with Crippen molar-refractivity contribution in [3.05, 3.63) is 46.3 Å². The highest BCUT2D eigenvalue weighted by Crippen LogP contribution is 2.24. The third-order valence-corrected chi connectivity index (χ3v) is 3.46. The number of thiophene rings is 1. The maximum atomic E-state index is 9.28. The first kappa shape index (κ1) is 9.42. The number of hydrogen-bond acceptors (Lipinski definition) is 3. The van der Waals surface area contributed by atoms with Gasteiger partial charge in [-0.2, -0.15) is 5.10 Å². The largest absolute Gasteiger partial charge is 0.507 e. The van der Waals surface area contributed by atoms with E-state index in [1.54, 1.807) is 22.8 Å². The lowest BCUT2D eigenvalue weighted by atomic mass is 10.1. The lowest BCUT2D eigenvalue weighted by molar-refractivity contribution is 0.477. The SMILES string of the molecule is Oc1csc(Cc2n[nH]c3ccccc23)c1. The second-order valence-corrected chi connectivity index (χ2v) is 4.66. The van der Waals surface area contributed by atoms with E-state index < -0.39 is 0 Å². The molecule has 0 amide bonds. The first-order valence-corrected chi connectivity index (χ1v) is 5.89. The van der Waals surface area contributed by atoms with Crippen LogP contribution in [0.15, 0.2) is 35.7 Å². The van der Waals surface area contributed by atoms with Gasteiger partial charge in [0.25, 0.3) is 0 Å². The number of hydrogen-bond donors (Lipinski definition) is 2. The summed E-state index contributed by atoms with van der Waals surface area (Å²) in [7, 11) is 0. The van der Waals surface area contributed by atoms with Crippen molar-refractivity contribution in [3.8, 4) is 5.75 Å². The van der Waals surface area contributed by atoms with Crippen molar-refractivity contribution >= 4 is 22.2 Å². The van der Waals surface area contributed by atoms with Crippen LogP contribution in [0.25, 0.3) is 10.9 Å². The molecule has 0 radical (unpaired) electrons. The molecule has 0 aliphatic carbocycles. The Morgan fingerprint density at radius 1 is 1.31 bits per heavy atom. The Kier molecular flexibility index (Phi) is 2.15. The number of para-hydroxylation sites is 1. The summed E-state index contributed by atoms with van der Waals surface area (Å²) in [6, 6.07) is 9.85. The predicted molar refractivity (Wildman–Crippen MR) is 64.9 cm³/mol. The summed E-state index contributed by atoms with van der Waals surface area (Å²) in [5.74, 6) is 0.333. The number of aromatic nitrogens is 2. The van der Waals surface area contributed by atoms with Crippen LogP contribution in [0.4, 0.5) is 0 Å². The number of nitrogens with zero attached hydrogens (tertiary/aromatic N) is 1. The molecule has 2 aromatic heterocycles. The van der Waals surface area contributed by atoms with Crippen LogP contribution >= 0.6 is 11.3 Å². The maximum Gasteiger partial charge on any atom is 0.126 e. The summed E-state index contributed by atoms with van der Waals surface area (Å²) >= 11 is 1.55. The Morgan fingerprint density at radius 3 is 3.00 bits per heavy atom. The van der Waals surface area contributed by atoms with Gasteiger partial charge in [0.1, 0.15) is 5.75 Å². The number of H-pyrrole nitrogens is 1. The van der Waals surface area contributed by atoms with Crippen molar-refractivity contribution in [2.75, 3.05) is 0 Å². The monoisotopic (exact) mass is 230 g/mol. The van der Waals surface area contributed by atoms with E-state index in [1.807, 2.05) is 18.2 Å². The molecule has 2 heterocycles. The highest BCUT2D eigenvalue weighted by atomic mass is 32.1. The van der Waals surface area contributed by atoms with Crippen molar-refractivity contribution in [2.45, 2.75) is 6.42 Å². The molecular formula is C12H10N2OS. The minimum absolute atomic E-state index is 0.333. The summed E-state index contributed by atoms with van der Waals surface area (Å²) in [5, 5.41) is 19.5. The van der Waals surface area contributed by atoms with Gasteiger partial charge in [0.05, 0.1) is 11.2 Å².